The van der Waals surface area contributed by atoms with Gasteiger partial charge in [-0.15, -0.1) is 0 Å². The van der Waals surface area contributed by atoms with Crippen LogP contribution in [0.2, 0.25) is 0 Å². The molecule has 0 aliphatic rings. The molecule has 0 saturated carbocycles. The molecule has 0 N–H and O–H groups in total. The molecule has 1 aromatic heterocycles. The average molecular weight is 256 g/mol. The van der Waals surface area contributed by atoms with E-state index in [9.17, 15) is 5.26 Å². The summed E-state index contributed by atoms with van der Waals surface area (Å²) in [6.07, 6.45) is 1.78. The van der Waals surface area contributed by atoms with Crippen molar-refractivity contribution in [2.75, 3.05) is 0 Å². The van der Waals surface area contributed by atoms with Crippen molar-refractivity contribution in [3.63, 3.8) is 0 Å². The van der Waals surface area contributed by atoms with Crippen molar-refractivity contribution < 1.29 is 0 Å². The lowest BCUT2D eigenvalue weighted by molar-refractivity contribution is 1.32. The van der Waals surface area contributed by atoms with Crippen molar-refractivity contribution >= 4 is 0 Å². The van der Waals surface area contributed by atoms with Crippen LogP contribution in [0, 0.1) is 11.3 Å². The third-order valence-corrected chi connectivity index (χ3v) is 3.19. The Kier molecular flexibility index (Phi) is 3.26. The van der Waals surface area contributed by atoms with Gasteiger partial charge in [0.25, 0.3) is 0 Å². The molecule has 0 unspecified atom stereocenters. The van der Waals surface area contributed by atoms with Crippen LogP contribution in [0.25, 0.3) is 22.4 Å². The van der Waals surface area contributed by atoms with E-state index in [0.29, 0.717) is 5.56 Å². The minimum atomic E-state index is 0.644. The van der Waals surface area contributed by atoms with E-state index in [1.54, 1.807) is 6.20 Å². The van der Waals surface area contributed by atoms with Crippen molar-refractivity contribution in [2.24, 2.45) is 0 Å². The fraction of sp³-hybridized carbons (Fsp3) is 0. The first kappa shape index (κ1) is 12.1. The molecule has 94 valence electrons. The summed E-state index contributed by atoms with van der Waals surface area (Å²) in [5.74, 6) is 0. The molecule has 0 aliphatic heterocycles. The summed E-state index contributed by atoms with van der Waals surface area (Å²) in [6, 6.07) is 23.9. The average Bonchev–Trinajstić information content (AvgIpc) is 2.56. The van der Waals surface area contributed by atoms with Crippen molar-refractivity contribution in [1.82, 2.24) is 4.98 Å². The Bertz CT molecular complexity index is 771. The van der Waals surface area contributed by atoms with Crippen molar-refractivity contribution in [3.05, 3.63) is 78.5 Å². The fourth-order valence-corrected chi connectivity index (χ4v) is 2.19. The van der Waals surface area contributed by atoms with E-state index in [4.69, 9.17) is 0 Å². The van der Waals surface area contributed by atoms with E-state index in [1.165, 1.54) is 0 Å². The summed E-state index contributed by atoms with van der Waals surface area (Å²) in [5, 5.41) is 9.19. The van der Waals surface area contributed by atoms with Gasteiger partial charge < -0.3 is 0 Å². The Labute approximate surface area is 118 Å². The Morgan fingerprint density at radius 3 is 2.35 bits per heavy atom. The van der Waals surface area contributed by atoms with Crippen molar-refractivity contribution in [2.45, 2.75) is 0 Å². The van der Waals surface area contributed by atoms with Gasteiger partial charge in [-0.3, -0.25) is 4.98 Å². The molecule has 0 amide bonds. The van der Waals surface area contributed by atoms with Gasteiger partial charge in [0.15, 0.2) is 0 Å². The molecule has 2 nitrogen and oxygen atoms in total. The Hall–Kier alpha value is -2.92. The largest absolute Gasteiger partial charge is 0.256 e. The first-order valence-corrected chi connectivity index (χ1v) is 6.39. The van der Waals surface area contributed by atoms with Crippen LogP contribution in [0.3, 0.4) is 0 Å². The van der Waals surface area contributed by atoms with Crippen LogP contribution in [-0.2, 0) is 0 Å². The number of hydrogen-bond donors (Lipinski definition) is 0. The molecule has 3 aromatic rings. The van der Waals surface area contributed by atoms with Gasteiger partial charge in [0.1, 0.15) is 0 Å². The maximum Gasteiger partial charge on any atom is 0.0998 e. The maximum atomic E-state index is 9.19. The predicted octanol–water partition coefficient (Wildman–Crippen LogP) is 4.29. The molecule has 0 bridgehead atoms. The zero-order valence-electron chi connectivity index (χ0n) is 10.8. The third kappa shape index (κ3) is 2.30. The molecule has 2 heteroatoms. The van der Waals surface area contributed by atoms with Crippen LogP contribution in [0.15, 0.2) is 72.9 Å². The fourth-order valence-electron chi connectivity index (χ4n) is 2.19. The van der Waals surface area contributed by atoms with Gasteiger partial charge in [-0.1, -0.05) is 48.5 Å². The number of pyridine rings is 1. The lowest BCUT2D eigenvalue weighted by atomic mass is 10.0. The summed E-state index contributed by atoms with van der Waals surface area (Å²) in [6.45, 7) is 0. The summed E-state index contributed by atoms with van der Waals surface area (Å²) in [7, 11) is 0. The lowest BCUT2D eigenvalue weighted by Crippen LogP contribution is -1.88. The van der Waals surface area contributed by atoms with Crippen LogP contribution in [-0.4, -0.2) is 4.98 Å². The molecular formula is C18H12N2. The summed E-state index contributed by atoms with van der Waals surface area (Å²) < 4.78 is 0. The second-order valence-electron chi connectivity index (χ2n) is 4.45. The second-order valence-corrected chi connectivity index (χ2v) is 4.45. The van der Waals surface area contributed by atoms with E-state index in [0.717, 1.165) is 22.4 Å². The van der Waals surface area contributed by atoms with Crippen LogP contribution >= 0.6 is 0 Å². The predicted molar refractivity (Wildman–Crippen MR) is 79.8 cm³/mol. The lowest BCUT2D eigenvalue weighted by Gasteiger charge is -2.06. The SMILES string of the molecule is N#Cc1ccccc1-c1cc(-c2ccccc2)ccn1. The Balaban J connectivity index is 2.11. The Morgan fingerprint density at radius 1 is 0.800 bits per heavy atom. The number of nitriles is 1. The zero-order chi connectivity index (χ0) is 13.8. The topological polar surface area (TPSA) is 36.7 Å². The molecule has 0 radical (unpaired) electrons. The van der Waals surface area contributed by atoms with E-state index >= 15 is 0 Å². The van der Waals surface area contributed by atoms with E-state index in [2.05, 4.69) is 23.2 Å². The second kappa shape index (κ2) is 5.38. The molecule has 20 heavy (non-hydrogen) atoms. The van der Waals surface area contributed by atoms with E-state index < -0.39 is 0 Å². The van der Waals surface area contributed by atoms with Gasteiger partial charge >= 0.3 is 0 Å². The van der Waals surface area contributed by atoms with E-state index in [1.807, 2.05) is 54.6 Å². The number of hydrogen-bond acceptors (Lipinski definition) is 2. The molecule has 0 spiro atoms. The molecule has 2 aromatic carbocycles. The zero-order valence-corrected chi connectivity index (χ0v) is 10.8. The molecular weight excluding hydrogens is 244 g/mol. The van der Waals surface area contributed by atoms with Gasteiger partial charge in [0.2, 0.25) is 0 Å². The van der Waals surface area contributed by atoms with Crippen LogP contribution in [0.5, 0.6) is 0 Å². The first-order valence-electron chi connectivity index (χ1n) is 6.39. The third-order valence-electron chi connectivity index (χ3n) is 3.19. The quantitative estimate of drug-likeness (QED) is 0.686. The highest BCUT2D eigenvalue weighted by Gasteiger charge is 2.06. The number of rotatable bonds is 2. The Morgan fingerprint density at radius 2 is 1.55 bits per heavy atom. The number of benzene rings is 2. The van der Waals surface area contributed by atoms with Gasteiger partial charge in [-0.25, -0.2) is 0 Å². The number of aromatic nitrogens is 1. The van der Waals surface area contributed by atoms with Gasteiger partial charge in [-0.05, 0) is 29.3 Å². The highest BCUT2D eigenvalue weighted by molar-refractivity contribution is 5.73. The maximum absolute atomic E-state index is 9.19. The standard InChI is InChI=1S/C18H12N2/c19-13-16-8-4-5-9-17(16)18-12-15(10-11-20-18)14-6-2-1-3-7-14/h1-12H. The summed E-state index contributed by atoms with van der Waals surface area (Å²) in [4.78, 5) is 4.39. The summed E-state index contributed by atoms with van der Waals surface area (Å²) in [5.41, 5.74) is 4.58. The molecule has 0 fully saturated rings. The van der Waals surface area contributed by atoms with Crippen LogP contribution < -0.4 is 0 Å². The van der Waals surface area contributed by atoms with Gasteiger partial charge in [0.05, 0.1) is 17.3 Å². The molecule has 1 heterocycles. The smallest absolute Gasteiger partial charge is 0.0998 e. The van der Waals surface area contributed by atoms with Gasteiger partial charge in [0, 0.05) is 11.8 Å². The highest BCUT2D eigenvalue weighted by Crippen LogP contribution is 2.26. The van der Waals surface area contributed by atoms with Crippen molar-refractivity contribution in [3.8, 4) is 28.5 Å². The summed E-state index contributed by atoms with van der Waals surface area (Å²) >= 11 is 0. The number of nitrogens with zero attached hydrogens (tertiary/aromatic N) is 2. The molecule has 0 aliphatic carbocycles. The van der Waals surface area contributed by atoms with E-state index in [-0.39, 0.29) is 0 Å². The minimum absolute atomic E-state index is 0.644. The monoisotopic (exact) mass is 256 g/mol. The van der Waals surface area contributed by atoms with Gasteiger partial charge in [-0.2, -0.15) is 5.26 Å². The highest BCUT2D eigenvalue weighted by atomic mass is 14.7. The molecule has 3 rings (SSSR count). The molecule has 0 saturated heterocycles. The van der Waals surface area contributed by atoms with Crippen molar-refractivity contribution in [1.29, 1.82) is 5.26 Å². The van der Waals surface area contributed by atoms with Crippen LogP contribution in [0.4, 0.5) is 0 Å². The first-order chi connectivity index (χ1) is 9.88. The normalized spacial score (nSPS) is 9.95. The molecule has 0 atom stereocenters. The van der Waals surface area contributed by atoms with Crippen LogP contribution in [0.1, 0.15) is 5.56 Å². The minimum Gasteiger partial charge on any atom is -0.256 e.